The zero-order valence-corrected chi connectivity index (χ0v) is 7.51. The Morgan fingerprint density at radius 3 is 2.67 bits per heavy atom. The Balaban J connectivity index is 2.21. The Kier molecular flexibility index (Phi) is 3.04. The van der Waals surface area contributed by atoms with Gasteiger partial charge in [0.1, 0.15) is 5.78 Å². The van der Waals surface area contributed by atoms with Crippen LogP contribution in [0.25, 0.3) is 0 Å². The molecule has 0 unspecified atom stereocenters. The van der Waals surface area contributed by atoms with E-state index in [0.717, 1.165) is 19.3 Å². The summed E-state index contributed by atoms with van der Waals surface area (Å²) in [5.74, 6) is 0.289. The quantitative estimate of drug-likeness (QED) is 0.634. The second-order valence-electron chi connectivity index (χ2n) is 3.76. The first-order valence-electron chi connectivity index (χ1n) is 4.58. The number of ketones is 1. The fraction of sp³-hybridized carbons (Fsp3) is 0.700. The maximum absolute atomic E-state index is 11.3. The van der Waals surface area contributed by atoms with E-state index in [4.69, 9.17) is 5.73 Å². The van der Waals surface area contributed by atoms with E-state index in [2.05, 4.69) is 6.58 Å². The third-order valence-corrected chi connectivity index (χ3v) is 2.53. The molecule has 1 fully saturated rings. The van der Waals surface area contributed by atoms with Crippen molar-refractivity contribution >= 4 is 5.78 Å². The van der Waals surface area contributed by atoms with Crippen molar-refractivity contribution in [2.45, 2.75) is 44.1 Å². The molecule has 0 aromatic heterocycles. The van der Waals surface area contributed by atoms with Gasteiger partial charge >= 0.3 is 0 Å². The Bertz CT molecular complexity index is 182. The highest BCUT2D eigenvalue weighted by Crippen LogP contribution is 2.32. The van der Waals surface area contributed by atoms with Crippen molar-refractivity contribution in [3.8, 4) is 0 Å². The Hall–Kier alpha value is -0.630. The lowest BCUT2D eigenvalue weighted by molar-refractivity contribution is -0.120. The van der Waals surface area contributed by atoms with Crippen molar-refractivity contribution in [1.29, 1.82) is 0 Å². The molecule has 1 aliphatic rings. The minimum atomic E-state index is -0.141. The SMILES string of the molecule is C=CCCC(=O)CC1(N)CCC1. The fourth-order valence-electron chi connectivity index (χ4n) is 1.55. The summed E-state index contributed by atoms with van der Waals surface area (Å²) in [7, 11) is 0. The van der Waals surface area contributed by atoms with Gasteiger partial charge in [-0.3, -0.25) is 4.79 Å². The highest BCUT2D eigenvalue weighted by molar-refractivity contribution is 5.79. The van der Waals surface area contributed by atoms with Gasteiger partial charge in [0.25, 0.3) is 0 Å². The van der Waals surface area contributed by atoms with Gasteiger partial charge in [0.15, 0.2) is 0 Å². The molecule has 1 rings (SSSR count). The summed E-state index contributed by atoms with van der Waals surface area (Å²) in [5.41, 5.74) is 5.79. The Morgan fingerprint density at radius 1 is 1.58 bits per heavy atom. The van der Waals surface area contributed by atoms with Crippen molar-refractivity contribution in [2.24, 2.45) is 5.73 Å². The van der Waals surface area contributed by atoms with E-state index in [1.54, 1.807) is 6.08 Å². The normalized spacial score (nSPS) is 19.8. The molecule has 0 heterocycles. The number of carbonyl (C=O) groups is 1. The number of allylic oxidation sites excluding steroid dienone is 1. The third-order valence-electron chi connectivity index (χ3n) is 2.53. The van der Waals surface area contributed by atoms with E-state index < -0.39 is 0 Å². The zero-order chi connectivity index (χ0) is 9.03. The van der Waals surface area contributed by atoms with Crippen LogP contribution in [0.3, 0.4) is 0 Å². The molecule has 1 aliphatic carbocycles. The van der Waals surface area contributed by atoms with Crippen LogP contribution in [0.1, 0.15) is 38.5 Å². The minimum absolute atomic E-state index is 0.141. The van der Waals surface area contributed by atoms with Crippen LogP contribution in [0.5, 0.6) is 0 Å². The van der Waals surface area contributed by atoms with E-state index in [1.807, 2.05) is 0 Å². The highest BCUT2D eigenvalue weighted by Gasteiger charge is 2.33. The molecule has 0 radical (unpaired) electrons. The largest absolute Gasteiger partial charge is 0.325 e. The second kappa shape index (κ2) is 3.85. The number of hydrogen-bond donors (Lipinski definition) is 1. The first-order chi connectivity index (χ1) is 5.66. The predicted octanol–water partition coefficient (Wildman–Crippen LogP) is 1.79. The molecule has 2 nitrogen and oxygen atoms in total. The maximum Gasteiger partial charge on any atom is 0.135 e. The molecule has 12 heavy (non-hydrogen) atoms. The van der Waals surface area contributed by atoms with Crippen LogP contribution in [0.4, 0.5) is 0 Å². The summed E-state index contributed by atoms with van der Waals surface area (Å²) in [6.07, 6.45) is 6.98. The lowest BCUT2D eigenvalue weighted by Gasteiger charge is -2.37. The Labute approximate surface area is 73.8 Å². The van der Waals surface area contributed by atoms with Crippen molar-refractivity contribution in [2.75, 3.05) is 0 Å². The summed E-state index contributed by atoms with van der Waals surface area (Å²) in [6.45, 7) is 3.58. The molecule has 0 saturated heterocycles. The molecular formula is C10H17NO. The van der Waals surface area contributed by atoms with E-state index in [0.29, 0.717) is 12.8 Å². The molecule has 68 valence electrons. The average Bonchev–Trinajstić information content (AvgIpc) is 1.98. The van der Waals surface area contributed by atoms with Gasteiger partial charge in [-0.25, -0.2) is 0 Å². The van der Waals surface area contributed by atoms with Gasteiger partial charge in [0.2, 0.25) is 0 Å². The monoisotopic (exact) mass is 167 g/mol. The molecule has 0 amide bonds. The molecule has 0 bridgehead atoms. The summed E-state index contributed by atoms with van der Waals surface area (Å²) in [5, 5.41) is 0. The molecule has 1 saturated carbocycles. The first kappa shape index (κ1) is 9.46. The van der Waals surface area contributed by atoms with Gasteiger partial charge in [-0.1, -0.05) is 6.08 Å². The highest BCUT2D eigenvalue weighted by atomic mass is 16.1. The van der Waals surface area contributed by atoms with Crippen LogP contribution >= 0.6 is 0 Å². The van der Waals surface area contributed by atoms with E-state index >= 15 is 0 Å². The molecule has 0 aromatic rings. The maximum atomic E-state index is 11.3. The van der Waals surface area contributed by atoms with Crippen molar-refractivity contribution in [3.63, 3.8) is 0 Å². The van der Waals surface area contributed by atoms with Crippen molar-refractivity contribution in [3.05, 3.63) is 12.7 Å². The molecule has 2 N–H and O–H groups in total. The van der Waals surface area contributed by atoms with Crippen LogP contribution in [0, 0.1) is 0 Å². The lowest BCUT2D eigenvalue weighted by Crippen LogP contribution is -2.48. The predicted molar refractivity (Wildman–Crippen MR) is 49.8 cm³/mol. The van der Waals surface area contributed by atoms with Gasteiger partial charge in [-0.2, -0.15) is 0 Å². The standard InChI is InChI=1S/C10H17NO/c1-2-3-5-9(12)8-10(11)6-4-7-10/h2H,1,3-8,11H2. The molecule has 0 aromatic carbocycles. The summed E-state index contributed by atoms with van der Waals surface area (Å²) >= 11 is 0. The van der Waals surface area contributed by atoms with Crippen molar-refractivity contribution < 1.29 is 4.79 Å². The van der Waals surface area contributed by atoms with Gasteiger partial charge in [0, 0.05) is 18.4 Å². The van der Waals surface area contributed by atoms with Crippen molar-refractivity contribution in [1.82, 2.24) is 0 Å². The Morgan fingerprint density at radius 2 is 2.25 bits per heavy atom. The zero-order valence-electron chi connectivity index (χ0n) is 7.51. The van der Waals surface area contributed by atoms with Crippen LogP contribution < -0.4 is 5.73 Å². The van der Waals surface area contributed by atoms with Crippen LogP contribution in [0.15, 0.2) is 12.7 Å². The van der Waals surface area contributed by atoms with Gasteiger partial charge in [-0.15, -0.1) is 6.58 Å². The topological polar surface area (TPSA) is 43.1 Å². The second-order valence-corrected chi connectivity index (χ2v) is 3.76. The smallest absolute Gasteiger partial charge is 0.135 e. The number of carbonyl (C=O) groups excluding carboxylic acids is 1. The average molecular weight is 167 g/mol. The number of nitrogens with two attached hydrogens (primary N) is 1. The fourth-order valence-corrected chi connectivity index (χ4v) is 1.55. The van der Waals surface area contributed by atoms with Gasteiger partial charge < -0.3 is 5.73 Å². The van der Waals surface area contributed by atoms with Crippen LogP contribution in [-0.4, -0.2) is 11.3 Å². The summed E-state index contributed by atoms with van der Waals surface area (Å²) in [4.78, 5) is 11.3. The minimum Gasteiger partial charge on any atom is -0.325 e. The first-order valence-corrected chi connectivity index (χ1v) is 4.58. The lowest BCUT2D eigenvalue weighted by atomic mass is 9.74. The molecule has 2 heteroatoms. The summed E-state index contributed by atoms with van der Waals surface area (Å²) < 4.78 is 0. The molecule has 0 spiro atoms. The van der Waals surface area contributed by atoms with E-state index in [9.17, 15) is 4.79 Å². The summed E-state index contributed by atoms with van der Waals surface area (Å²) in [6, 6.07) is 0. The van der Waals surface area contributed by atoms with E-state index in [1.165, 1.54) is 6.42 Å². The molecule has 0 aliphatic heterocycles. The third kappa shape index (κ3) is 2.45. The number of hydrogen-bond acceptors (Lipinski definition) is 2. The van der Waals surface area contributed by atoms with E-state index in [-0.39, 0.29) is 11.3 Å². The molecular weight excluding hydrogens is 150 g/mol. The molecule has 0 atom stereocenters. The number of Topliss-reactive ketones (excluding diaryl/α,β-unsaturated/α-hetero) is 1. The van der Waals surface area contributed by atoms with Gasteiger partial charge in [-0.05, 0) is 25.7 Å². The van der Waals surface area contributed by atoms with Gasteiger partial charge in [0.05, 0.1) is 0 Å². The van der Waals surface area contributed by atoms with Crippen LogP contribution in [-0.2, 0) is 4.79 Å². The number of rotatable bonds is 5. The van der Waals surface area contributed by atoms with Crippen LogP contribution in [0.2, 0.25) is 0 Å².